The molecule has 0 aliphatic rings. The molecule has 90 valence electrons. The molecule has 0 heterocycles. The quantitative estimate of drug-likeness (QED) is 0.791. The molecule has 16 heavy (non-hydrogen) atoms. The van der Waals surface area contributed by atoms with Crippen LogP contribution in [0.2, 0.25) is 0 Å². The lowest BCUT2D eigenvalue weighted by atomic mass is 10.1. The molecule has 1 aromatic carbocycles. The first kappa shape index (κ1) is 14.9. The molecule has 0 radical (unpaired) electrons. The van der Waals surface area contributed by atoms with Gasteiger partial charge >= 0.3 is 0 Å². The van der Waals surface area contributed by atoms with E-state index in [9.17, 15) is 9.18 Å². The lowest BCUT2D eigenvalue weighted by molar-refractivity contribution is 0.0950. The summed E-state index contributed by atoms with van der Waals surface area (Å²) in [5.74, 6) is -0.853. The van der Waals surface area contributed by atoms with Gasteiger partial charge in [-0.3, -0.25) is 4.79 Å². The van der Waals surface area contributed by atoms with Crippen LogP contribution in [0.1, 0.15) is 15.9 Å². The van der Waals surface area contributed by atoms with Crippen molar-refractivity contribution in [3.63, 3.8) is 0 Å². The number of halogens is 2. The summed E-state index contributed by atoms with van der Waals surface area (Å²) < 4.78 is 13.3. The highest BCUT2D eigenvalue weighted by Gasteiger charge is 2.10. The molecule has 1 rings (SSSR count). The van der Waals surface area contributed by atoms with Crippen molar-refractivity contribution in [2.24, 2.45) is 0 Å². The number of likely N-dealkylation sites (N-methyl/N-ethyl adjacent to an activating group) is 1. The average Bonchev–Trinajstić information content (AvgIpc) is 2.22. The van der Waals surface area contributed by atoms with Crippen molar-refractivity contribution >= 4 is 18.3 Å². The number of hydrogen-bond donors (Lipinski definition) is 2. The fourth-order valence-corrected chi connectivity index (χ4v) is 1.21. The number of carbonyl (C=O) groups excluding carboxylic acids is 1. The molecule has 0 aliphatic carbocycles. The van der Waals surface area contributed by atoms with Crippen molar-refractivity contribution in [2.45, 2.75) is 6.92 Å². The van der Waals surface area contributed by atoms with E-state index in [1.165, 1.54) is 6.07 Å². The Balaban J connectivity index is 0.00000225. The second kappa shape index (κ2) is 7.19. The van der Waals surface area contributed by atoms with Crippen LogP contribution in [-0.4, -0.2) is 26.0 Å². The van der Waals surface area contributed by atoms with E-state index in [4.69, 9.17) is 0 Å². The number of rotatable bonds is 4. The molecule has 2 N–H and O–H groups in total. The fourth-order valence-electron chi connectivity index (χ4n) is 1.21. The molecule has 0 saturated carbocycles. The summed E-state index contributed by atoms with van der Waals surface area (Å²) in [6.45, 7) is 2.98. The molecule has 0 atom stereocenters. The van der Waals surface area contributed by atoms with Gasteiger partial charge in [0.1, 0.15) is 5.82 Å². The van der Waals surface area contributed by atoms with Crippen molar-refractivity contribution in [2.75, 3.05) is 20.1 Å². The number of amides is 1. The number of hydrogen-bond acceptors (Lipinski definition) is 2. The topological polar surface area (TPSA) is 41.1 Å². The predicted molar refractivity (Wildman–Crippen MR) is 64.6 cm³/mol. The van der Waals surface area contributed by atoms with E-state index in [0.29, 0.717) is 13.1 Å². The molecule has 0 aliphatic heterocycles. The highest BCUT2D eigenvalue weighted by Crippen LogP contribution is 2.09. The molecule has 0 fully saturated rings. The highest BCUT2D eigenvalue weighted by molar-refractivity contribution is 5.94. The maximum absolute atomic E-state index is 13.3. The molecule has 0 bridgehead atoms. The zero-order valence-electron chi connectivity index (χ0n) is 9.34. The minimum Gasteiger partial charge on any atom is -0.351 e. The lowest BCUT2D eigenvalue weighted by Gasteiger charge is -2.06. The van der Waals surface area contributed by atoms with E-state index >= 15 is 0 Å². The van der Waals surface area contributed by atoms with Gasteiger partial charge in [0.05, 0.1) is 5.56 Å². The third-order valence-electron chi connectivity index (χ3n) is 2.03. The van der Waals surface area contributed by atoms with Crippen molar-refractivity contribution in [3.05, 3.63) is 35.1 Å². The minimum absolute atomic E-state index is 0. The lowest BCUT2D eigenvalue weighted by Crippen LogP contribution is -2.31. The van der Waals surface area contributed by atoms with Crippen molar-refractivity contribution in [1.29, 1.82) is 0 Å². The van der Waals surface area contributed by atoms with E-state index in [1.807, 2.05) is 6.92 Å². The Morgan fingerprint density at radius 3 is 2.69 bits per heavy atom. The van der Waals surface area contributed by atoms with Crippen molar-refractivity contribution in [3.8, 4) is 0 Å². The largest absolute Gasteiger partial charge is 0.351 e. The first-order valence-corrected chi connectivity index (χ1v) is 4.84. The van der Waals surface area contributed by atoms with E-state index in [-0.39, 0.29) is 23.9 Å². The zero-order valence-corrected chi connectivity index (χ0v) is 10.2. The standard InChI is InChI=1S/C11H15FN2O.ClH/c1-8-3-4-10(12)9(7-8)11(15)14-6-5-13-2;/h3-4,7,13H,5-6H2,1-2H3,(H,14,15);1H. The predicted octanol–water partition coefficient (Wildman–Crippen LogP) is 1.51. The molecule has 0 unspecified atom stereocenters. The third-order valence-corrected chi connectivity index (χ3v) is 2.03. The molecule has 1 amide bonds. The van der Waals surface area contributed by atoms with Gasteiger partial charge in [0.2, 0.25) is 0 Å². The number of aryl methyl sites for hydroxylation is 1. The minimum atomic E-state index is -0.484. The summed E-state index contributed by atoms with van der Waals surface area (Å²) >= 11 is 0. The van der Waals surface area contributed by atoms with Gasteiger partial charge in [0.15, 0.2) is 0 Å². The molecule has 1 aromatic rings. The second-order valence-electron chi connectivity index (χ2n) is 3.34. The molecule has 3 nitrogen and oxygen atoms in total. The Morgan fingerprint density at radius 1 is 1.38 bits per heavy atom. The monoisotopic (exact) mass is 246 g/mol. The third kappa shape index (κ3) is 4.16. The van der Waals surface area contributed by atoms with E-state index < -0.39 is 5.82 Å². The summed E-state index contributed by atoms with van der Waals surface area (Å²) in [5, 5.41) is 5.52. The van der Waals surface area contributed by atoms with Gasteiger partial charge in [-0.1, -0.05) is 11.6 Å². The van der Waals surface area contributed by atoms with Gasteiger partial charge in [-0.25, -0.2) is 4.39 Å². The normalized spacial score (nSPS) is 9.44. The SMILES string of the molecule is CNCCNC(=O)c1cc(C)ccc1F.Cl. The summed E-state index contributed by atoms with van der Waals surface area (Å²) in [5.41, 5.74) is 0.973. The molecule has 0 saturated heterocycles. The Morgan fingerprint density at radius 2 is 2.06 bits per heavy atom. The maximum Gasteiger partial charge on any atom is 0.254 e. The van der Waals surface area contributed by atoms with Crippen LogP contribution in [0.4, 0.5) is 4.39 Å². The Hall–Kier alpha value is -1.13. The van der Waals surface area contributed by atoms with Crippen LogP contribution in [0.3, 0.4) is 0 Å². The maximum atomic E-state index is 13.3. The van der Waals surface area contributed by atoms with Gasteiger partial charge in [-0.05, 0) is 26.1 Å². The van der Waals surface area contributed by atoms with Crippen LogP contribution in [0, 0.1) is 12.7 Å². The van der Waals surface area contributed by atoms with E-state index in [0.717, 1.165) is 5.56 Å². The first-order valence-electron chi connectivity index (χ1n) is 4.84. The molecular formula is C11H16ClFN2O. The number of nitrogens with one attached hydrogen (secondary N) is 2. The molecule has 0 aromatic heterocycles. The fraction of sp³-hybridized carbons (Fsp3) is 0.364. The van der Waals surface area contributed by atoms with E-state index in [2.05, 4.69) is 10.6 Å². The molecule has 5 heteroatoms. The Kier molecular flexibility index (Phi) is 6.69. The summed E-state index contributed by atoms with van der Waals surface area (Å²) in [6.07, 6.45) is 0. The van der Waals surface area contributed by atoms with Crippen molar-refractivity contribution in [1.82, 2.24) is 10.6 Å². The smallest absolute Gasteiger partial charge is 0.254 e. The van der Waals surface area contributed by atoms with Gasteiger partial charge in [0.25, 0.3) is 5.91 Å². The summed E-state index contributed by atoms with van der Waals surface area (Å²) in [4.78, 5) is 11.5. The molecular weight excluding hydrogens is 231 g/mol. The summed E-state index contributed by atoms with van der Waals surface area (Å²) in [7, 11) is 1.79. The average molecular weight is 247 g/mol. The van der Waals surface area contributed by atoms with Crippen LogP contribution in [0.25, 0.3) is 0 Å². The van der Waals surface area contributed by atoms with Gasteiger partial charge in [0, 0.05) is 13.1 Å². The second-order valence-corrected chi connectivity index (χ2v) is 3.34. The summed E-state index contributed by atoms with van der Waals surface area (Å²) in [6, 6.07) is 4.49. The van der Waals surface area contributed by atoms with Gasteiger partial charge in [-0.15, -0.1) is 12.4 Å². The van der Waals surface area contributed by atoms with Crippen LogP contribution in [-0.2, 0) is 0 Å². The van der Waals surface area contributed by atoms with Crippen LogP contribution in [0.15, 0.2) is 18.2 Å². The van der Waals surface area contributed by atoms with Gasteiger partial charge in [-0.2, -0.15) is 0 Å². The Bertz CT molecular complexity index is 358. The van der Waals surface area contributed by atoms with E-state index in [1.54, 1.807) is 19.2 Å². The first-order chi connectivity index (χ1) is 7.15. The zero-order chi connectivity index (χ0) is 11.3. The number of carbonyl (C=O) groups is 1. The van der Waals surface area contributed by atoms with Crippen LogP contribution in [0.5, 0.6) is 0 Å². The molecule has 0 spiro atoms. The van der Waals surface area contributed by atoms with Crippen molar-refractivity contribution < 1.29 is 9.18 Å². The van der Waals surface area contributed by atoms with Gasteiger partial charge < -0.3 is 10.6 Å². The van der Waals surface area contributed by atoms with Crippen LogP contribution >= 0.6 is 12.4 Å². The number of benzene rings is 1. The highest BCUT2D eigenvalue weighted by atomic mass is 35.5. The van der Waals surface area contributed by atoms with Crippen LogP contribution < -0.4 is 10.6 Å². The Labute approximate surface area is 101 Å².